The minimum Gasteiger partial charge on any atom is -0.327 e. The zero-order valence-corrected chi connectivity index (χ0v) is 18.7. The molecule has 0 aliphatic carbocycles. The monoisotopic (exact) mass is 439 g/mol. The number of rotatable bonds is 3. The van der Waals surface area contributed by atoms with Crippen LogP contribution in [0.1, 0.15) is 35.6 Å². The molecule has 7 nitrogen and oxygen atoms in total. The Morgan fingerprint density at radius 3 is 2.55 bits per heavy atom. The molecule has 3 heterocycles. The number of nitrogens with one attached hydrogen (secondary N) is 1. The summed E-state index contributed by atoms with van der Waals surface area (Å²) >= 11 is 0. The van der Waals surface area contributed by atoms with E-state index in [1.165, 1.54) is 0 Å². The number of fused-ring (bicyclic) bond motifs is 1. The third kappa shape index (κ3) is 4.09. The molecule has 0 bridgehead atoms. The van der Waals surface area contributed by atoms with E-state index in [0.717, 1.165) is 40.6 Å². The number of pyridine rings is 1. The lowest BCUT2D eigenvalue weighted by molar-refractivity contribution is -0.143. The Morgan fingerprint density at radius 1 is 1.00 bits per heavy atom. The number of likely N-dealkylation sites (tertiary alicyclic amines) is 1. The number of benzene rings is 2. The number of imidazole rings is 1. The Bertz CT molecular complexity index is 1320. The fourth-order valence-corrected chi connectivity index (χ4v) is 4.62. The maximum Gasteiger partial charge on any atom is 0.313 e. The maximum absolute atomic E-state index is 13.0. The van der Waals surface area contributed by atoms with Crippen molar-refractivity contribution in [3.05, 3.63) is 83.8 Å². The van der Waals surface area contributed by atoms with Gasteiger partial charge in [-0.2, -0.15) is 0 Å². The molecule has 2 aromatic heterocycles. The van der Waals surface area contributed by atoms with Gasteiger partial charge in [-0.3, -0.25) is 14.2 Å². The van der Waals surface area contributed by atoms with Gasteiger partial charge < -0.3 is 10.2 Å². The van der Waals surface area contributed by atoms with Crippen LogP contribution < -0.4 is 5.32 Å². The second-order valence-electron chi connectivity index (χ2n) is 8.54. The van der Waals surface area contributed by atoms with Crippen molar-refractivity contribution >= 4 is 28.5 Å². The molecular weight excluding hydrogens is 414 g/mol. The van der Waals surface area contributed by atoms with E-state index in [2.05, 4.69) is 33.5 Å². The van der Waals surface area contributed by atoms with Gasteiger partial charge in [-0.25, -0.2) is 9.97 Å². The van der Waals surface area contributed by atoms with Crippen LogP contribution in [0, 0.1) is 13.8 Å². The molecule has 4 aromatic rings. The quantitative estimate of drug-likeness (QED) is 0.482. The van der Waals surface area contributed by atoms with Gasteiger partial charge in [0.2, 0.25) is 0 Å². The molecule has 0 radical (unpaired) electrons. The van der Waals surface area contributed by atoms with Crippen LogP contribution in [0.2, 0.25) is 0 Å². The number of anilines is 1. The molecule has 166 valence electrons. The van der Waals surface area contributed by atoms with Crippen LogP contribution in [0.4, 0.5) is 5.69 Å². The number of carbonyl (C=O) groups excluding carboxylic acids is 2. The van der Waals surface area contributed by atoms with Gasteiger partial charge in [-0.15, -0.1) is 0 Å². The summed E-state index contributed by atoms with van der Waals surface area (Å²) in [5.74, 6) is -0.474. The van der Waals surface area contributed by atoms with E-state index in [0.29, 0.717) is 18.1 Å². The highest BCUT2D eigenvalue weighted by atomic mass is 16.2. The van der Waals surface area contributed by atoms with Crippen LogP contribution in [-0.2, 0) is 9.59 Å². The van der Waals surface area contributed by atoms with Gasteiger partial charge >= 0.3 is 11.8 Å². The molecule has 1 fully saturated rings. The third-order valence-corrected chi connectivity index (χ3v) is 6.04. The number of nitrogens with zero attached hydrogens (tertiary/aromatic N) is 4. The molecule has 7 heteroatoms. The van der Waals surface area contributed by atoms with Crippen LogP contribution in [0.25, 0.3) is 16.9 Å². The van der Waals surface area contributed by atoms with Crippen LogP contribution >= 0.6 is 0 Å². The highest BCUT2D eigenvalue weighted by molar-refractivity contribution is 6.39. The summed E-state index contributed by atoms with van der Waals surface area (Å²) in [4.78, 5) is 36.2. The van der Waals surface area contributed by atoms with E-state index >= 15 is 0 Å². The summed E-state index contributed by atoms with van der Waals surface area (Å²) in [6.07, 6.45) is 5.01. The molecule has 1 saturated heterocycles. The minimum absolute atomic E-state index is 0.0723. The summed E-state index contributed by atoms with van der Waals surface area (Å²) in [5, 5.41) is 2.71. The van der Waals surface area contributed by atoms with Crippen LogP contribution in [0.15, 0.2) is 67.1 Å². The zero-order chi connectivity index (χ0) is 22.9. The van der Waals surface area contributed by atoms with E-state index in [1.807, 2.05) is 42.7 Å². The van der Waals surface area contributed by atoms with E-state index < -0.39 is 11.8 Å². The largest absolute Gasteiger partial charge is 0.327 e. The molecule has 5 rings (SSSR count). The number of carbonyl (C=O) groups is 2. The highest BCUT2D eigenvalue weighted by Crippen LogP contribution is 2.33. The van der Waals surface area contributed by atoms with E-state index in [1.54, 1.807) is 29.6 Å². The Hall–Kier alpha value is -4.00. The van der Waals surface area contributed by atoms with Crippen molar-refractivity contribution in [1.82, 2.24) is 19.4 Å². The van der Waals surface area contributed by atoms with Gasteiger partial charge in [0.15, 0.2) is 0 Å². The van der Waals surface area contributed by atoms with Gasteiger partial charge in [0.05, 0.1) is 29.0 Å². The van der Waals surface area contributed by atoms with E-state index in [4.69, 9.17) is 0 Å². The topological polar surface area (TPSA) is 80.1 Å². The molecular formula is C26H25N5O2. The Labute approximate surface area is 192 Å². The summed E-state index contributed by atoms with van der Waals surface area (Å²) < 4.78 is 1.88. The molecule has 0 spiro atoms. The Morgan fingerprint density at radius 2 is 1.79 bits per heavy atom. The van der Waals surface area contributed by atoms with Gasteiger partial charge in [-0.05, 0) is 56.5 Å². The van der Waals surface area contributed by atoms with E-state index in [9.17, 15) is 9.59 Å². The van der Waals surface area contributed by atoms with Crippen LogP contribution in [0.5, 0.6) is 0 Å². The SMILES string of the molecule is Cc1cc(C)cc(C2CCCN2C(=O)C(=O)Nc2ccc(-n3cnc4ccccc43)nc2)c1. The first kappa shape index (κ1) is 20.9. The lowest BCUT2D eigenvalue weighted by Crippen LogP contribution is -2.39. The fourth-order valence-electron chi connectivity index (χ4n) is 4.62. The molecule has 1 N–H and O–H groups in total. The van der Waals surface area contributed by atoms with Gasteiger partial charge in [-0.1, -0.05) is 41.5 Å². The van der Waals surface area contributed by atoms with E-state index in [-0.39, 0.29) is 6.04 Å². The molecule has 1 unspecified atom stereocenters. The number of aromatic nitrogens is 3. The molecule has 0 saturated carbocycles. The first-order chi connectivity index (χ1) is 16.0. The van der Waals surface area contributed by atoms with Crippen molar-refractivity contribution in [1.29, 1.82) is 0 Å². The number of para-hydroxylation sites is 2. The molecule has 2 amide bonds. The zero-order valence-electron chi connectivity index (χ0n) is 18.7. The second-order valence-corrected chi connectivity index (χ2v) is 8.54. The number of aryl methyl sites for hydroxylation is 2. The number of hydrogen-bond donors (Lipinski definition) is 1. The van der Waals surface area contributed by atoms with Crippen molar-refractivity contribution in [2.24, 2.45) is 0 Å². The predicted octanol–water partition coefficient (Wildman–Crippen LogP) is 4.34. The summed E-state index contributed by atoms with van der Waals surface area (Å²) in [6, 6.07) is 17.6. The summed E-state index contributed by atoms with van der Waals surface area (Å²) in [5.41, 5.74) is 5.71. The van der Waals surface area contributed by atoms with Crippen molar-refractivity contribution in [2.45, 2.75) is 32.7 Å². The third-order valence-electron chi connectivity index (χ3n) is 6.04. The van der Waals surface area contributed by atoms with Crippen LogP contribution in [0.3, 0.4) is 0 Å². The average molecular weight is 440 g/mol. The summed E-state index contributed by atoms with van der Waals surface area (Å²) in [7, 11) is 0. The predicted molar refractivity (Wildman–Crippen MR) is 127 cm³/mol. The number of hydrogen-bond acceptors (Lipinski definition) is 4. The summed E-state index contributed by atoms with van der Waals surface area (Å²) in [6.45, 7) is 4.68. The smallest absolute Gasteiger partial charge is 0.313 e. The second kappa shape index (κ2) is 8.50. The average Bonchev–Trinajstić information content (AvgIpc) is 3.46. The van der Waals surface area contributed by atoms with Gasteiger partial charge in [0.1, 0.15) is 12.1 Å². The van der Waals surface area contributed by atoms with Gasteiger partial charge in [0, 0.05) is 6.54 Å². The van der Waals surface area contributed by atoms with Crippen molar-refractivity contribution in [3.63, 3.8) is 0 Å². The first-order valence-corrected chi connectivity index (χ1v) is 11.1. The molecule has 1 atom stereocenters. The van der Waals surface area contributed by atoms with Crippen molar-refractivity contribution < 1.29 is 9.59 Å². The number of amides is 2. The highest BCUT2D eigenvalue weighted by Gasteiger charge is 2.33. The molecule has 2 aromatic carbocycles. The van der Waals surface area contributed by atoms with Crippen molar-refractivity contribution in [2.75, 3.05) is 11.9 Å². The van der Waals surface area contributed by atoms with Crippen LogP contribution in [-0.4, -0.2) is 37.8 Å². The first-order valence-electron chi connectivity index (χ1n) is 11.1. The Balaban J connectivity index is 1.30. The lowest BCUT2D eigenvalue weighted by atomic mass is 9.99. The minimum atomic E-state index is -0.645. The Kier molecular flexibility index (Phi) is 5.38. The maximum atomic E-state index is 13.0. The fraction of sp³-hybridized carbons (Fsp3) is 0.231. The molecule has 1 aliphatic heterocycles. The standard InChI is InChI=1S/C26H25N5O2/c1-17-12-18(2)14-19(13-17)22-8-5-11-30(22)26(33)25(32)29-20-9-10-24(27-15-20)31-16-28-21-6-3-4-7-23(21)31/h3-4,6-7,9-10,12-16,22H,5,8,11H2,1-2H3,(H,29,32). The lowest BCUT2D eigenvalue weighted by Gasteiger charge is -2.25. The van der Waals surface area contributed by atoms with Gasteiger partial charge in [0.25, 0.3) is 0 Å². The molecule has 33 heavy (non-hydrogen) atoms. The normalized spacial score (nSPS) is 15.7. The van der Waals surface area contributed by atoms with Crippen molar-refractivity contribution in [3.8, 4) is 5.82 Å². The molecule has 1 aliphatic rings.